The van der Waals surface area contributed by atoms with Crippen LogP contribution in [0.25, 0.3) is 11.0 Å². The Labute approximate surface area is 190 Å². The van der Waals surface area contributed by atoms with Gasteiger partial charge in [-0.25, -0.2) is 0 Å². The van der Waals surface area contributed by atoms with Crippen LogP contribution in [0, 0.1) is 6.92 Å². The molecule has 7 nitrogen and oxygen atoms in total. The first-order valence-electron chi connectivity index (χ1n) is 11.0. The summed E-state index contributed by atoms with van der Waals surface area (Å²) in [6.07, 6.45) is 0.766. The highest BCUT2D eigenvalue weighted by Crippen LogP contribution is 2.41. The molecular formula is C26H24N2O5. The minimum absolute atomic E-state index is 0.0199. The van der Waals surface area contributed by atoms with Gasteiger partial charge in [0.15, 0.2) is 11.2 Å². The Balaban J connectivity index is 1.77. The number of carbonyl (C=O) groups is 1. The zero-order valence-corrected chi connectivity index (χ0v) is 18.9. The molecule has 0 fully saturated rings. The molecule has 1 amide bonds. The second kappa shape index (κ2) is 7.92. The highest BCUT2D eigenvalue weighted by atomic mass is 16.5. The molecule has 1 aliphatic heterocycles. The molecule has 0 saturated heterocycles. The summed E-state index contributed by atoms with van der Waals surface area (Å²) >= 11 is 0. The number of amides is 1. The van der Waals surface area contributed by atoms with Crippen LogP contribution in [0.3, 0.4) is 0 Å². The first kappa shape index (κ1) is 21.0. The average Bonchev–Trinajstić information content (AvgIpc) is 3.34. The van der Waals surface area contributed by atoms with Crippen LogP contribution < -0.4 is 15.1 Å². The van der Waals surface area contributed by atoms with Gasteiger partial charge in [-0.15, -0.1) is 0 Å². The number of benzene rings is 2. The molecule has 2 aromatic heterocycles. The lowest BCUT2D eigenvalue weighted by atomic mass is 9.97. The first-order chi connectivity index (χ1) is 15.9. The van der Waals surface area contributed by atoms with Crippen molar-refractivity contribution in [3.63, 3.8) is 0 Å². The summed E-state index contributed by atoms with van der Waals surface area (Å²) in [7, 11) is 0. The number of aryl methyl sites for hydroxylation is 2. The monoisotopic (exact) mass is 444 g/mol. The normalized spacial score (nSPS) is 15.5. The largest absolute Gasteiger partial charge is 0.491 e. The van der Waals surface area contributed by atoms with Crippen molar-refractivity contribution >= 4 is 22.7 Å². The van der Waals surface area contributed by atoms with E-state index in [1.165, 1.54) is 4.90 Å². The van der Waals surface area contributed by atoms with Crippen LogP contribution in [0.15, 0.2) is 62.3 Å². The lowest BCUT2D eigenvalue weighted by Crippen LogP contribution is -2.29. The van der Waals surface area contributed by atoms with Crippen molar-refractivity contribution in [3.05, 3.63) is 87.0 Å². The smallest absolute Gasteiger partial charge is 0.296 e. The molecule has 0 N–H and O–H groups in total. The van der Waals surface area contributed by atoms with Gasteiger partial charge >= 0.3 is 0 Å². The van der Waals surface area contributed by atoms with E-state index >= 15 is 0 Å². The number of carbonyl (C=O) groups excluding carboxylic acids is 1. The van der Waals surface area contributed by atoms with Crippen molar-refractivity contribution in [1.82, 2.24) is 5.16 Å². The Bertz CT molecular complexity index is 1430. The van der Waals surface area contributed by atoms with Crippen LogP contribution in [-0.4, -0.2) is 17.2 Å². The van der Waals surface area contributed by atoms with Crippen molar-refractivity contribution in [2.75, 3.05) is 4.90 Å². The molecule has 1 aliphatic rings. The Morgan fingerprint density at radius 1 is 1.12 bits per heavy atom. The van der Waals surface area contributed by atoms with Crippen LogP contribution in [0.5, 0.6) is 5.75 Å². The van der Waals surface area contributed by atoms with E-state index in [1.807, 2.05) is 57.2 Å². The van der Waals surface area contributed by atoms with Crippen LogP contribution >= 0.6 is 0 Å². The van der Waals surface area contributed by atoms with E-state index in [2.05, 4.69) is 5.16 Å². The quantitative estimate of drug-likeness (QED) is 0.421. The Morgan fingerprint density at radius 3 is 2.64 bits per heavy atom. The molecule has 7 heteroatoms. The summed E-state index contributed by atoms with van der Waals surface area (Å²) in [6.45, 7) is 7.66. The SMILES string of the molecule is CCc1ccc2oc3c(c(=O)c2c1)C(c1cccc(OC(C)C)c1)N(c1cc(C)on1)C3=O. The summed E-state index contributed by atoms with van der Waals surface area (Å²) in [5.41, 5.74) is 2.20. The molecule has 3 heterocycles. The van der Waals surface area contributed by atoms with Gasteiger partial charge in [0.2, 0.25) is 5.76 Å². The van der Waals surface area contributed by atoms with E-state index in [1.54, 1.807) is 19.1 Å². The van der Waals surface area contributed by atoms with Gasteiger partial charge in [-0.3, -0.25) is 14.5 Å². The van der Waals surface area contributed by atoms with Crippen molar-refractivity contribution < 1.29 is 18.5 Å². The number of aromatic nitrogens is 1. The Morgan fingerprint density at radius 2 is 1.94 bits per heavy atom. The number of hydrogen-bond acceptors (Lipinski definition) is 6. The molecule has 0 spiro atoms. The molecule has 5 rings (SSSR count). The molecule has 168 valence electrons. The van der Waals surface area contributed by atoms with Gasteiger partial charge in [0, 0.05) is 6.07 Å². The average molecular weight is 444 g/mol. The van der Waals surface area contributed by atoms with Crippen LogP contribution in [-0.2, 0) is 6.42 Å². The minimum atomic E-state index is -0.723. The molecule has 0 aliphatic carbocycles. The lowest BCUT2D eigenvalue weighted by molar-refractivity contribution is 0.0969. The van der Waals surface area contributed by atoms with Gasteiger partial charge in [0.25, 0.3) is 5.91 Å². The molecule has 1 atom stereocenters. The molecular weight excluding hydrogens is 420 g/mol. The predicted molar refractivity (Wildman–Crippen MR) is 124 cm³/mol. The fraction of sp³-hybridized carbons (Fsp3) is 0.269. The van der Waals surface area contributed by atoms with E-state index < -0.39 is 11.9 Å². The summed E-state index contributed by atoms with van der Waals surface area (Å²) in [6, 6.07) is 13.8. The van der Waals surface area contributed by atoms with Crippen molar-refractivity contribution in [2.45, 2.75) is 46.3 Å². The number of nitrogens with zero attached hydrogens (tertiary/aromatic N) is 2. The topological polar surface area (TPSA) is 85.8 Å². The Kier molecular flexibility index (Phi) is 5.04. The van der Waals surface area contributed by atoms with E-state index in [-0.39, 0.29) is 17.3 Å². The highest BCUT2D eigenvalue weighted by Gasteiger charge is 2.45. The first-order valence-corrected chi connectivity index (χ1v) is 11.0. The van der Waals surface area contributed by atoms with Crippen LogP contribution in [0.1, 0.15) is 59.8 Å². The molecule has 0 bridgehead atoms. The number of fused-ring (bicyclic) bond motifs is 2. The van der Waals surface area contributed by atoms with Crippen LogP contribution in [0.2, 0.25) is 0 Å². The third-order valence-electron chi connectivity index (χ3n) is 5.75. The maximum absolute atomic E-state index is 13.7. The van der Waals surface area contributed by atoms with Gasteiger partial charge < -0.3 is 13.7 Å². The predicted octanol–water partition coefficient (Wildman–Crippen LogP) is 5.19. The fourth-order valence-corrected chi connectivity index (χ4v) is 4.29. The second-order valence-electron chi connectivity index (χ2n) is 8.47. The molecule has 33 heavy (non-hydrogen) atoms. The summed E-state index contributed by atoms with van der Waals surface area (Å²) < 4.78 is 17.1. The van der Waals surface area contributed by atoms with Crippen molar-refractivity contribution in [1.29, 1.82) is 0 Å². The van der Waals surface area contributed by atoms with Gasteiger partial charge in [0.1, 0.15) is 17.1 Å². The molecule has 0 radical (unpaired) electrons. The van der Waals surface area contributed by atoms with Gasteiger partial charge in [-0.1, -0.05) is 30.3 Å². The number of hydrogen-bond donors (Lipinski definition) is 0. The van der Waals surface area contributed by atoms with Crippen molar-refractivity contribution in [3.8, 4) is 5.75 Å². The third-order valence-corrected chi connectivity index (χ3v) is 5.75. The number of anilines is 1. The Hall–Kier alpha value is -3.87. The zero-order chi connectivity index (χ0) is 23.3. The maximum atomic E-state index is 13.7. The number of rotatable bonds is 5. The van der Waals surface area contributed by atoms with Gasteiger partial charge in [-0.05, 0) is 62.6 Å². The van der Waals surface area contributed by atoms with E-state index in [0.717, 1.165) is 17.5 Å². The van der Waals surface area contributed by atoms with Crippen LogP contribution in [0.4, 0.5) is 5.82 Å². The van der Waals surface area contributed by atoms with Crippen molar-refractivity contribution in [2.24, 2.45) is 0 Å². The molecule has 1 unspecified atom stereocenters. The minimum Gasteiger partial charge on any atom is -0.491 e. The van der Waals surface area contributed by atoms with E-state index in [4.69, 9.17) is 13.7 Å². The lowest BCUT2D eigenvalue weighted by Gasteiger charge is -2.23. The molecule has 0 saturated carbocycles. The number of ether oxygens (including phenoxy) is 1. The summed E-state index contributed by atoms with van der Waals surface area (Å²) in [4.78, 5) is 28.8. The summed E-state index contributed by atoms with van der Waals surface area (Å²) in [5, 5.41) is 4.52. The van der Waals surface area contributed by atoms with Gasteiger partial charge in [0.05, 0.1) is 23.1 Å². The highest BCUT2D eigenvalue weighted by molar-refractivity contribution is 6.10. The van der Waals surface area contributed by atoms with Gasteiger partial charge in [-0.2, -0.15) is 0 Å². The molecule has 4 aromatic rings. The second-order valence-corrected chi connectivity index (χ2v) is 8.47. The third kappa shape index (κ3) is 3.50. The van der Waals surface area contributed by atoms with E-state index in [0.29, 0.717) is 33.9 Å². The molecule has 2 aromatic carbocycles. The summed E-state index contributed by atoms with van der Waals surface area (Å²) in [5.74, 6) is 1.12. The van der Waals surface area contributed by atoms with E-state index in [9.17, 15) is 9.59 Å². The fourth-order valence-electron chi connectivity index (χ4n) is 4.29. The maximum Gasteiger partial charge on any atom is 0.296 e. The standard InChI is InChI=1S/C26H24N2O5/c1-5-16-9-10-20-19(12-16)24(29)22-23(17-7-6-8-18(13-17)31-14(2)3)28(26(30)25(22)32-20)21-11-15(4)33-27-21/h6-14,23H,5H2,1-4H3. The zero-order valence-electron chi connectivity index (χ0n) is 18.9.